The third kappa shape index (κ3) is 0.829. The minimum atomic E-state index is -0.858. The highest BCUT2D eigenvalue weighted by Gasteiger charge is 2.62. The van der Waals surface area contributed by atoms with Gasteiger partial charge in [-0.15, -0.1) is 23.2 Å². The topological polar surface area (TPSA) is 0 Å². The van der Waals surface area contributed by atoms with Crippen LogP contribution in [0.5, 0.6) is 0 Å². The van der Waals surface area contributed by atoms with Crippen LogP contribution in [0.4, 0.5) is 0 Å². The van der Waals surface area contributed by atoms with Crippen molar-refractivity contribution in [2.24, 2.45) is 0 Å². The fraction of sp³-hybridized carbons (Fsp3) is 1.00. The van der Waals surface area contributed by atoms with Crippen molar-refractivity contribution < 1.29 is 0 Å². The van der Waals surface area contributed by atoms with E-state index in [2.05, 4.69) is 0 Å². The molecule has 1 fully saturated rings. The van der Waals surface area contributed by atoms with E-state index in [0.29, 0.717) is 0 Å². The van der Waals surface area contributed by atoms with Gasteiger partial charge in [0.1, 0.15) is 0 Å². The zero-order chi connectivity index (χ0) is 5.65. The molecule has 0 aromatic rings. The first-order valence-electron chi connectivity index (χ1n) is 1.73. The van der Waals surface area contributed by atoms with Crippen molar-refractivity contribution in [2.75, 3.05) is 0 Å². The molecule has 1 aliphatic rings. The molecule has 0 N–H and O–H groups in total. The molecule has 0 spiro atoms. The van der Waals surface area contributed by atoms with Crippen LogP contribution in [0, 0.1) is 0 Å². The molecular formula is C3H2Cl4. The van der Waals surface area contributed by atoms with Crippen molar-refractivity contribution in [3.05, 3.63) is 0 Å². The van der Waals surface area contributed by atoms with E-state index >= 15 is 0 Å². The Morgan fingerprint density at radius 2 is 1.14 bits per heavy atom. The lowest BCUT2D eigenvalue weighted by Crippen LogP contribution is -1.87. The van der Waals surface area contributed by atoms with Crippen molar-refractivity contribution in [1.29, 1.82) is 0 Å². The van der Waals surface area contributed by atoms with E-state index in [-0.39, 0.29) is 10.8 Å². The van der Waals surface area contributed by atoms with Gasteiger partial charge >= 0.3 is 0 Å². The second-order valence-corrected chi connectivity index (χ2v) is 3.86. The zero-order valence-electron chi connectivity index (χ0n) is 3.17. The Hall–Kier alpha value is 1.16. The molecule has 1 saturated carbocycles. The van der Waals surface area contributed by atoms with Gasteiger partial charge in [-0.1, -0.05) is 23.2 Å². The van der Waals surface area contributed by atoms with Crippen LogP contribution in [0.15, 0.2) is 0 Å². The molecule has 0 aromatic heterocycles. The first-order valence-corrected chi connectivity index (χ1v) is 3.35. The number of rotatable bonds is 0. The van der Waals surface area contributed by atoms with Crippen molar-refractivity contribution in [1.82, 2.24) is 0 Å². The molecule has 0 unspecified atom stereocenters. The Balaban J connectivity index is 2.52. The van der Waals surface area contributed by atoms with Gasteiger partial charge in [0.2, 0.25) is 0 Å². The average molecular weight is 180 g/mol. The van der Waals surface area contributed by atoms with Gasteiger partial charge < -0.3 is 0 Å². The lowest BCUT2D eigenvalue weighted by molar-refractivity contribution is 1.36. The molecule has 0 saturated heterocycles. The van der Waals surface area contributed by atoms with Crippen LogP contribution in [0.3, 0.4) is 0 Å². The summed E-state index contributed by atoms with van der Waals surface area (Å²) < 4.78 is -0.858. The van der Waals surface area contributed by atoms with Gasteiger partial charge in [-0.05, 0) is 0 Å². The summed E-state index contributed by atoms with van der Waals surface area (Å²) in [5, 5.41) is -0.532. The first kappa shape index (κ1) is 6.28. The minimum Gasteiger partial charge on any atom is -0.118 e. The molecule has 7 heavy (non-hydrogen) atoms. The van der Waals surface area contributed by atoms with Gasteiger partial charge in [-0.3, -0.25) is 0 Å². The fourth-order valence-corrected chi connectivity index (χ4v) is 1.48. The maximum atomic E-state index is 5.44. The smallest absolute Gasteiger partial charge is 0.118 e. The lowest BCUT2D eigenvalue weighted by atomic mass is 10.9. The Bertz CT molecular complexity index is 78.9. The summed E-state index contributed by atoms with van der Waals surface area (Å²) in [4.78, 5) is 0. The molecule has 1 rings (SSSR count). The maximum absolute atomic E-state index is 5.44. The van der Waals surface area contributed by atoms with Crippen LogP contribution in [0.25, 0.3) is 0 Å². The van der Waals surface area contributed by atoms with E-state index < -0.39 is 4.33 Å². The number of hydrogen-bond donors (Lipinski definition) is 0. The van der Waals surface area contributed by atoms with Crippen LogP contribution < -0.4 is 0 Å². The Kier molecular flexibility index (Phi) is 1.41. The summed E-state index contributed by atoms with van der Waals surface area (Å²) in [5.41, 5.74) is 0. The standard InChI is InChI=1S/C3H2Cl4/c4-1-2(5)3(1,6)7/h1-2H/t1-,2-/m0/s1. The van der Waals surface area contributed by atoms with Gasteiger partial charge in [-0.2, -0.15) is 0 Å². The molecule has 0 aliphatic heterocycles. The Labute approximate surface area is 61.7 Å². The van der Waals surface area contributed by atoms with E-state index in [1.807, 2.05) is 0 Å². The van der Waals surface area contributed by atoms with Gasteiger partial charge in [0.25, 0.3) is 0 Å². The van der Waals surface area contributed by atoms with Gasteiger partial charge in [0, 0.05) is 0 Å². The summed E-state index contributed by atoms with van der Waals surface area (Å²) in [6.07, 6.45) is 0. The summed E-state index contributed by atoms with van der Waals surface area (Å²) in [5.74, 6) is 0. The molecule has 4 heteroatoms. The molecule has 2 atom stereocenters. The predicted molar refractivity (Wildman–Crippen MR) is 33.7 cm³/mol. The minimum absolute atomic E-state index is 0.266. The maximum Gasteiger partial charge on any atom is 0.153 e. The third-order valence-electron chi connectivity index (χ3n) is 0.883. The fourth-order valence-electron chi connectivity index (χ4n) is 0.255. The van der Waals surface area contributed by atoms with E-state index in [9.17, 15) is 0 Å². The predicted octanol–water partition coefficient (Wildman–Crippen LogP) is 2.39. The summed E-state index contributed by atoms with van der Waals surface area (Å²) in [7, 11) is 0. The summed E-state index contributed by atoms with van der Waals surface area (Å²) in [6, 6.07) is 0. The molecular weight excluding hydrogens is 178 g/mol. The molecule has 1 aliphatic carbocycles. The number of alkyl halides is 4. The van der Waals surface area contributed by atoms with E-state index in [1.54, 1.807) is 0 Å². The van der Waals surface area contributed by atoms with Crippen molar-refractivity contribution in [3.63, 3.8) is 0 Å². The van der Waals surface area contributed by atoms with Crippen LogP contribution >= 0.6 is 46.4 Å². The molecule has 0 aromatic carbocycles. The van der Waals surface area contributed by atoms with Crippen LogP contribution in [0.1, 0.15) is 0 Å². The molecule has 0 bridgehead atoms. The zero-order valence-corrected chi connectivity index (χ0v) is 6.19. The molecule has 0 radical (unpaired) electrons. The van der Waals surface area contributed by atoms with Gasteiger partial charge in [-0.25, -0.2) is 0 Å². The van der Waals surface area contributed by atoms with Crippen molar-refractivity contribution in [2.45, 2.75) is 15.1 Å². The SMILES string of the molecule is Cl[C@H]1[C@H](Cl)C1(Cl)Cl. The normalized spacial score (nSPS) is 46.3. The lowest BCUT2D eigenvalue weighted by Gasteiger charge is -1.84. The quantitative estimate of drug-likeness (QED) is 0.502. The monoisotopic (exact) mass is 178 g/mol. The van der Waals surface area contributed by atoms with Crippen LogP contribution in [0.2, 0.25) is 0 Å². The second kappa shape index (κ2) is 1.57. The number of halogens is 4. The first-order chi connectivity index (χ1) is 3.07. The highest BCUT2D eigenvalue weighted by molar-refractivity contribution is 6.62. The highest BCUT2D eigenvalue weighted by atomic mass is 35.5. The molecule has 42 valence electrons. The molecule has 0 amide bonds. The van der Waals surface area contributed by atoms with Crippen LogP contribution in [-0.4, -0.2) is 15.1 Å². The molecule has 0 heterocycles. The third-order valence-corrected chi connectivity index (χ3v) is 3.59. The largest absolute Gasteiger partial charge is 0.153 e. The van der Waals surface area contributed by atoms with Gasteiger partial charge in [0.15, 0.2) is 4.33 Å². The van der Waals surface area contributed by atoms with E-state index in [1.165, 1.54) is 0 Å². The Morgan fingerprint density at radius 1 is 1.00 bits per heavy atom. The van der Waals surface area contributed by atoms with Gasteiger partial charge in [0.05, 0.1) is 10.8 Å². The van der Waals surface area contributed by atoms with Crippen LogP contribution in [-0.2, 0) is 0 Å². The van der Waals surface area contributed by atoms with E-state index in [0.717, 1.165) is 0 Å². The summed E-state index contributed by atoms with van der Waals surface area (Å²) in [6.45, 7) is 0. The van der Waals surface area contributed by atoms with E-state index in [4.69, 9.17) is 46.4 Å². The average Bonchev–Trinajstić information content (AvgIpc) is 1.91. The highest BCUT2D eigenvalue weighted by Crippen LogP contribution is 2.54. The molecule has 0 nitrogen and oxygen atoms in total. The Morgan fingerprint density at radius 3 is 1.14 bits per heavy atom. The second-order valence-electron chi connectivity index (χ2n) is 1.48. The number of hydrogen-bond acceptors (Lipinski definition) is 0. The van der Waals surface area contributed by atoms with Crippen molar-refractivity contribution >= 4 is 46.4 Å². The summed E-state index contributed by atoms with van der Waals surface area (Å²) >= 11 is 21.8. The van der Waals surface area contributed by atoms with Crippen molar-refractivity contribution in [3.8, 4) is 0 Å².